The van der Waals surface area contributed by atoms with E-state index >= 15 is 0 Å². The molecule has 18 atom stereocenters. The lowest BCUT2D eigenvalue weighted by atomic mass is 9.73. The molecule has 2 aromatic carbocycles. The van der Waals surface area contributed by atoms with Gasteiger partial charge in [-0.2, -0.15) is 0 Å². The minimum atomic E-state index is -1.97. The van der Waals surface area contributed by atoms with Gasteiger partial charge in [-0.15, -0.1) is 0 Å². The molecule has 0 spiro atoms. The number of hydrogen-bond donors (Lipinski definition) is 3. The molecule has 0 unspecified atom stereocenters. The standard InChI is InChI=1S/C54H82N2O17/c1-15-40-54(10,62)45(57)33(4)42(55-65-14)31(2)27-53(9,64-13)47(34(5)43(35(6)48(59)70-40)71-41-28-52(8,63-12)46(58)36(7)69-41)73-49-44(72-51(61)67-30-38-24-20-17-21-25-38)39(26-32(3)68-49)56(11)50(60)66-29-37-22-18-16-19-23-37/h16-25,31-36,39-41,43-47,49,57-58,62H,15,26-30H2,1-14H3/b55-42+/t31-,32-,33+,34+,35-,36-,39+,40-,41+,43+,44-,45-,46+,47-,49+,52-,53-,54-/m1/s1. The number of likely N-dealkylation sites (N-methyl/N-ethyl adjacent to an activating group) is 1. The van der Waals surface area contributed by atoms with Crippen molar-refractivity contribution in [2.24, 2.45) is 28.8 Å². The van der Waals surface area contributed by atoms with E-state index in [-0.39, 0.29) is 38.9 Å². The number of methoxy groups -OCH3 is 2. The Kier molecular flexibility index (Phi) is 21.1. The van der Waals surface area contributed by atoms with Gasteiger partial charge in [-0.3, -0.25) is 4.79 Å². The van der Waals surface area contributed by atoms with Crippen LogP contribution in [0.15, 0.2) is 65.8 Å². The predicted molar refractivity (Wildman–Crippen MR) is 267 cm³/mol. The van der Waals surface area contributed by atoms with Crippen molar-refractivity contribution >= 4 is 23.9 Å². The molecule has 3 saturated heterocycles. The summed E-state index contributed by atoms with van der Waals surface area (Å²) in [5.41, 5.74) is -2.63. The summed E-state index contributed by atoms with van der Waals surface area (Å²) in [4.78, 5) is 49.3. The van der Waals surface area contributed by atoms with Crippen molar-refractivity contribution in [1.82, 2.24) is 4.90 Å². The van der Waals surface area contributed by atoms with E-state index in [1.54, 1.807) is 60.7 Å². The molecule has 0 radical (unpaired) electrons. The highest BCUT2D eigenvalue weighted by Crippen LogP contribution is 2.42. The van der Waals surface area contributed by atoms with Gasteiger partial charge in [0.25, 0.3) is 0 Å². The van der Waals surface area contributed by atoms with Crippen LogP contribution in [0.25, 0.3) is 0 Å². The largest absolute Gasteiger partial charge is 0.509 e. The van der Waals surface area contributed by atoms with Gasteiger partial charge < -0.3 is 72.4 Å². The first-order valence-electron chi connectivity index (χ1n) is 25.4. The van der Waals surface area contributed by atoms with E-state index < -0.39 is 126 Å². The van der Waals surface area contributed by atoms with Crippen molar-refractivity contribution in [2.45, 2.75) is 192 Å². The molecule has 0 aliphatic carbocycles. The third-order valence-electron chi connectivity index (χ3n) is 15.2. The molecule has 1 amide bonds. The molecule has 19 nitrogen and oxygen atoms in total. The van der Waals surface area contributed by atoms with Crippen LogP contribution in [0.1, 0.15) is 106 Å². The van der Waals surface area contributed by atoms with Gasteiger partial charge in [0.15, 0.2) is 18.7 Å². The Morgan fingerprint density at radius 1 is 0.781 bits per heavy atom. The molecule has 5 rings (SSSR count). The minimum absolute atomic E-state index is 0.0220. The van der Waals surface area contributed by atoms with E-state index in [1.165, 1.54) is 33.2 Å². The van der Waals surface area contributed by atoms with E-state index in [9.17, 15) is 29.7 Å². The third-order valence-corrected chi connectivity index (χ3v) is 15.2. The van der Waals surface area contributed by atoms with Crippen LogP contribution in [0.2, 0.25) is 0 Å². The number of benzene rings is 2. The molecular formula is C54H82N2O17. The van der Waals surface area contributed by atoms with Crippen molar-refractivity contribution < 1.29 is 81.9 Å². The summed E-state index contributed by atoms with van der Waals surface area (Å²) in [5.74, 6) is -4.18. The molecule has 2 aromatic rings. The number of esters is 1. The van der Waals surface area contributed by atoms with E-state index in [2.05, 4.69) is 5.16 Å². The van der Waals surface area contributed by atoms with Crippen molar-refractivity contribution in [3.05, 3.63) is 71.8 Å². The van der Waals surface area contributed by atoms with Crippen molar-refractivity contribution in [2.75, 3.05) is 28.4 Å². The van der Waals surface area contributed by atoms with Gasteiger partial charge in [0.05, 0.1) is 59.4 Å². The van der Waals surface area contributed by atoms with Crippen LogP contribution in [-0.2, 0) is 70.2 Å². The van der Waals surface area contributed by atoms with Gasteiger partial charge in [-0.05, 0) is 71.9 Å². The highest BCUT2D eigenvalue weighted by molar-refractivity contribution is 5.88. The number of carbonyl (C=O) groups is 3. The zero-order valence-corrected chi connectivity index (χ0v) is 45.1. The fourth-order valence-corrected chi connectivity index (χ4v) is 10.7. The van der Waals surface area contributed by atoms with Crippen LogP contribution in [0.4, 0.5) is 9.59 Å². The molecule has 3 aliphatic heterocycles. The monoisotopic (exact) mass is 1030 g/mol. The van der Waals surface area contributed by atoms with Crippen LogP contribution in [-0.4, -0.2) is 157 Å². The lowest BCUT2D eigenvalue weighted by molar-refractivity contribution is -0.319. The number of amides is 1. The Hall–Kier alpha value is -4.44. The summed E-state index contributed by atoms with van der Waals surface area (Å²) in [7, 11) is 5.92. The summed E-state index contributed by atoms with van der Waals surface area (Å²) in [6.07, 6.45) is -12.5. The second-order valence-corrected chi connectivity index (χ2v) is 20.7. The maximum atomic E-state index is 14.7. The number of nitrogens with zero attached hydrogens (tertiary/aromatic N) is 2. The van der Waals surface area contributed by atoms with Crippen LogP contribution in [0.3, 0.4) is 0 Å². The topological polar surface area (TPSA) is 229 Å². The normalized spacial score (nSPS) is 38.3. The van der Waals surface area contributed by atoms with Gasteiger partial charge in [-0.1, -0.05) is 93.5 Å². The highest BCUT2D eigenvalue weighted by atomic mass is 16.8. The molecule has 410 valence electrons. The first kappa shape index (κ1) is 59.4. The summed E-state index contributed by atoms with van der Waals surface area (Å²) in [5, 5.41) is 39.6. The Morgan fingerprint density at radius 3 is 1.93 bits per heavy atom. The lowest BCUT2D eigenvalue weighted by Gasteiger charge is -2.50. The van der Waals surface area contributed by atoms with Crippen molar-refractivity contribution in [3.8, 4) is 0 Å². The molecule has 3 heterocycles. The quantitative estimate of drug-likeness (QED) is 0.0989. The Bertz CT molecular complexity index is 2100. The number of cyclic esters (lactones) is 1. The second kappa shape index (κ2) is 25.9. The van der Waals surface area contributed by atoms with Crippen LogP contribution < -0.4 is 0 Å². The number of oxime groups is 1. The molecule has 73 heavy (non-hydrogen) atoms. The molecule has 0 bridgehead atoms. The maximum Gasteiger partial charge on any atom is 0.509 e. The maximum absolute atomic E-state index is 14.7. The summed E-state index contributed by atoms with van der Waals surface area (Å²) >= 11 is 0. The summed E-state index contributed by atoms with van der Waals surface area (Å²) in [6, 6.07) is 17.4. The van der Waals surface area contributed by atoms with E-state index in [1.807, 2.05) is 69.3 Å². The number of ether oxygens (including phenoxy) is 10. The van der Waals surface area contributed by atoms with E-state index in [0.29, 0.717) is 11.3 Å². The zero-order chi connectivity index (χ0) is 54.0. The summed E-state index contributed by atoms with van der Waals surface area (Å²) in [6.45, 7) is 17.1. The first-order valence-corrected chi connectivity index (χ1v) is 25.4. The highest BCUT2D eigenvalue weighted by Gasteiger charge is 2.55. The minimum Gasteiger partial charge on any atom is -0.459 e. The summed E-state index contributed by atoms with van der Waals surface area (Å²) < 4.78 is 63.2. The smallest absolute Gasteiger partial charge is 0.459 e. The molecular weight excluding hydrogens is 949 g/mol. The van der Waals surface area contributed by atoms with Crippen LogP contribution in [0.5, 0.6) is 0 Å². The van der Waals surface area contributed by atoms with Crippen molar-refractivity contribution in [3.63, 3.8) is 0 Å². The second-order valence-electron chi connectivity index (χ2n) is 20.7. The van der Waals surface area contributed by atoms with Crippen LogP contribution >= 0.6 is 0 Å². The third kappa shape index (κ3) is 14.3. The number of hydrogen-bond acceptors (Lipinski definition) is 18. The fraction of sp³-hybridized carbons (Fsp3) is 0.704. The van der Waals surface area contributed by atoms with Gasteiger partial charge >= 0.3 is 18.2 Å². The van der Waals surface area contributed by atoms with Crippen LogP contribution in [0, 0.1) is 23.7 Å². The average molecular weight is 1030 g/mol. The zero-order valence-electron chi connectivity index (χ0n) is 45.1. The van der Waals surface area contributed by atoms with E-state index in [0.717, 1.165) is 5.56 Å². The number of carbonyl (C=O) groups excluding carboxylic acids is 3. The predicted octanol–water partition coefficient (Wildman–Crippen LogP) is 6.94. The molecule has 3 N–H and O–H groups in total. The fourth-order valence-electron chi connectivity index (χ4n) is 10.7. The molecule has 0 aromatic heterocycles. The number of aliphatic hydroxyl groups is 3. The van der Waals surface area contributed by atoms with Crippen molar-refractivity contribution in [1.29, 1.82) is 0 Å². The van der Waals surface area contributed by atoms with Gasteiger partial charge in [-0.25, -0.2) is 9.59 Å². The molecule has 0 saturated carbocycles. The lowest BCUT2D eigenvalue weighted by Crippen LogP contribution is -2.62. The molecule has 19 heteroatoms. The number of rotatable bonds is 14. The molecule has 3 aliphatic rings. The Labute approximate surface area is 431 Å². The first-order chi connectivity index (χ1) is 34.4. The van der Waals surface area contributed by atoms with Gasteiger partial charge in [0.1, 0.15) is 38.1 Å². The van der Waals surface area contributed by atoms with Gasteiger partial charge in [0, 0.05) is 45.4 Å². The Balaban J connectivity index is 1.66. The SMILES string of the molecule is CC[C@H]1OC(=O)[C@H](C)[C@@H](O[C@H]2C[C@@](C)(OC)[C@@H](O)[C@@H](C)O2)[C@H](C)[C@@H](O[C@@H]2O[C@H](C)C[C@H](N(C)C(=O)OCc3ccccc3)[C@H]2OC(=O)OCc2ccccc2)[C@](C)(OC)C[C@@H](C)/C(=N\OC)[C@H](C)[C@@H](O)[C@]1(C)O. The van der Waals surface area contributed by atoms with Gasteiger partial charge in [0.2, 0.25) is 0 Å². The number of aliphatic hydroxyl groups excluding tert-OH is 2. The average Bonchev–Trinajstić information content (AvgIpc) is 3.37. The molecule has 3 fully saturated rings. The van der Waals surface area contributed by atoms with E-state index in [4.69, 9.17) is 52.2 Å². The Morgan fingerprint density at radius 2 is 1.37 bits per heavy atom.